The van der Waals surface area contributed by atoms with Crippen LogP contribution in [0, 0.1) is 0 Å². The monoisotopic (exact) mass is 203 g/mol. The van der Waals surface area contributed by atoms with Crippen LogP contribution in [0.5, 0.6) is 5.75 Å². The summed E-state index contributed by atoms with van der Waals surface area (Å²) < 4.78 is 0. The molecule has 2 heteroatoms. The summed E-state index contributed by atoms with van der Waals surface area (Å²) in [6.07, 6.45) is 3.64. The molecule has 1 N–H and O–H groups in total. The first-order chi connectivity index (χ1) is 7.30. The van der Waals surface area contributed by atoms with E-state index in [2.05, 4.69) is 11.0 Å². The molecule has 0 unspecified atom stereocenters. The Labute approximate surface area is 90.5 Å². The Kier molecular flexibility index (Phi) is 1.99. The predicted molar refractivity (Wildman–Crippen MR) is 60.1 cm³/mol. The van der Waals surface area contributed by atoms with E-state index in [1.165, 1.54) is 44.5 Å². The van der Waals surface area contributed by atoms with Gasteiger partial charge in [-0.3, -0.25) is 0 Å². The van der Waals surface area contributed by atoms with Crippen molar-refractivity contribution in [2.24, 2.45) is 0 Å². The average Bonchev–Trinajstić information content (AvgIpc) is 2.32. The molecule has 1 aromatic rings. The van der Waals surface area contributed by atoms with Gasteiger partial charge in [0.15, 0.2) is 0 Å². The van der Waals surface area contributed by atoms with Crippen molar-refractivity contribution < 1.29 is 5.11 Å². The first kappa shape index (κ1) is 9.22. The Hall–Kier alpha value is -1.02. The van der Waals surface area contributed by atoms with Gasteiger partial charge in [-0.1, -0.05) is 18.2 Å². The van der Waals surface area contributed by atoms with Crippen LogP contribution >= 0.6 is 0 Å². The highest BCUT2D eigenvalue weighted by Gasteiger charge is 2.41. The van der Waals surface area contributed by atoms with E-state index in [0.717, 1.165) is 0 Å². The number of hydrogen-bond donors (Lipinski definition) is 1. The number of rotatable bonds is 1. The zero-order chi connectivity index (χ0) is 10.3. The van der Waals surface area contributed by atoms with Crippen LogP contribution in [0.2, 0.25) is 0 Å². The number of phenolic OH excluding ortho intramolecular Hbond substituents is 1. The molecule has 2 bridgehead atoms. The number of fused-ring (bicyclic) bond motifs is 3. The Morgan fingerprint density at radius 3 is 2.20 bits per heavy atom. The van der Waals surface area contributed by atoms with Crippen LogP contribution in [0.3, 0.4) is 0 Å². The van der Waals surface area contributed by atoms with E-state index < -0.39 is 0 Å². The Morgan fingerprint density at radius 1 is 1.00 bits per heavy atom. The van der Waals surface area contributed by atoms with Crippen molar-refractivity contribution in [2.45, 2.75) is 24.7 Å². The maximum Gasteiger partial charge on any atom is 0.119 e. The lowest BCUT2D eigenvalue weighted by molar-refractivity contribution is 0.0802. The number of hydrogen-bond acceptors (Lipinski definition) is 2. The fraction of sp³-hybridized carbons (Fsp3) is 0.538. The van der Waals surface area contributed by atoms with E-state index in [-0.39, 0.29) is 5.41 Å². The summed E-state index contributed by atoms with van der Waals surface area (Å²) in [7, 11) is 0. The van der Waals surface area contributed by atoms with Crippen molar-refractivity contribution in [2.75, 3.05) is 19.6 Å². The minimum Gasteiger partial charge on any atom is -0.508 e. The number of benzene rings is 1. The van der Waals surface area contributed by atoms with Crippen molar-refractivity contribution in [1.29, 1.82) is 0 Å². The fourth-order valence-electron chi connectivity index (χ4n) is 3.15. The molecule has 0 spiro atoms. The lowest BCUT2D eigenvalue weighted by Gasteiger charge is -2.48. The Bertz CT molecular complexity index is 353. The molecule has 0 saturated carbocycles. The Morgan fingerprint density at radius 2 is 1.60 bits per heavy atom. The average molecular weight is 203 g/mol. The summed E-state index contributed by atoms with van der Waals surface area (Å²) in [6, 6.07) is 7.89. The van der Waals surface area contributed by atoms with Crippen LogP contribution < -0.4 is 0 Å². The topological polar surface area (TPSA) is 23.5 Å². The standard InChI is InChI=1S/C13H17NO/c15-12-4-2-1-3-11(12)13-5-8-14(9-6-13)10-7-13/h1-4,15H,5-10H2. The molecule has 3 fully saturated rings. The number of nitrogens with zero attached hydrogens (tertiary/aromatic N) is 1. The van der Waals surface area contributed by atoms with Gasteiger partial charge in [0.1, 0.15) is 5.75 Å². The Balaban J connectivity index is 2.01. The molecule has 3 aliphatic rings. The molecule has 3 saturated heterocycles. The van der Waals surface area contributed by atoms with Crippen molar-refractivity contribution >= 4 is 0 Å². The number of aromatic hydroxyl groups is 1. The molecule has 0 atom stereocenters. The summed E-state index contributed by atoms with van der Waals surface area (Å²) in [6.45, 7) is 3.61. The van der Waals surface area contributed by atoms with E-state index >= 15 is 0 Å². The van der Waals surface area contributed by atoms with Crippen LogP contribution in [0.15, 0.2) is 24.3 Å². The zero-order valence-corrected chi connectivity index (χ0v) is 8.95. The maximum absolute atomic E-state index is 9.96. The molecular formula is C13H17NO. The summed E-state index contributed by atoms with van der Waals surface area (Å²) >= 11 is 0. The molecule has 3 aliphatic heterocycles. The SMILES string of the molecule is Oc1ccccc1C12CCN(CC1)CC2. The van der Waals surface area contributed by atoms with Crippen LogP contribution in [-0.2, 0) is 5.41 Å². The van der Waals surface area contributed by atoms with Crippen LogP contribution in [0.4, 0.5) is 0 Å². The highest BCUT2D eigenvalue weighted by molar-refractivity contribution is 5.39. The highest BCUT2D eigenvalue weighted by atomic mass is 16.3. The molecule has 2 nitrogen and oxygen atoms in total. The van der Waals surface area contributed by atoms with Gasteiger partial charge in [0.05, 0.1) is 0 Å². The van der Waals surface area contributed by atoms with Gasteiger partial charge in [-0.05, 0) is 45.0 Å². The lowest BCUT2D eigenvalue weighted by Crippen LogP contribution is -2.50. The summed E-state index contributed by atoms with van der Waals surface area (Å²) in [4.78, 5) is 2.53. The molecule has 15 heavy (non-hydrogen) atoms. The second-order valence-electron chi connectivity index (χ2n) is 4.89. The maximum atomic E-state index is 9.96. The molecule has 80 valence electrons. The number of piperidine rings is 3. The minimum absolute atomic E-state index is 0.278. The van der Waals surface area contributed by atoms with Crippen LogP contribution in [0.25, 0.3) is 0 Å². The molecule has 0 radical (unpaired) electrons. The van der Waals surface area contributed by atoms with E-state index in [0.29, 0.717) is 5.75 Å². The largest absolute Gasteiger partial charge is 0.508 e. The normalized spacial score (nSPS) is 34.3. The van der Waals surface area contributed by atoms with Gasteiger partial charge >= 0.3 is 0 Å². The lowest BCUT2D eigenvalue weighted by atomic mass is 9.67. The fourth-order valence-corrected chi connectivity index (χ4v) is 3.15. The molecule has 1 aromatic carbocycles. The molecule has 3 heterocycles. The van der Waals surface area contributed by atoms with Crippen molar-refractivity contribution in [3.05, 3.63) is 29.8 Å². The summed E-state index contributed by atoms with van der Waals surface area (Å²) in [5, 5.41) is 9.96. The van der Waals surface area contributed by atoms with Gasteiger partial charge < -0.3 is 10.0 Å². The molecular weight excluding hydrogens is 186 g/mol. The van der Waals surface area contributed by atoms with E-state index in [1.807, 2.05) is 18.2 Å². The van der Waals surface area contributed by atoms with E-state index in [1.54, 1.807) is 0 Å². The van der Waals surface area contributed by atoms with E-state index in [9.17, 15) is 5.11 Å². The number of phenols is 1. The second kappa shape index (κ2) is 3.24. The zero-order valence-electron chi connectivity index (χ0n) is 8.95. The van der Waals surface area contributed by atoms with Gasteiger partial charge in [-0.2, -0.15) is 0 Å². The first-order valence-electron chi connectivity index (χ1n) is 5.81. The number of para-hydroxylation sites is 1. The summed E-state index contributed by atoms with van der Waals surface area (Å²) in [5.41, 5.74) is 1.46. The van der Waals surface area contributed by atoms with Gasteiger partial charge in [-0.15, -0.1) is 0 Å². The third-order valence-electron chi connectivity index (χ3n) is 4.20. The van der Waals surface area contributed by atoms with Crippen molar-refractivity contribution in [3.8, 4) is 5.75 Å². The molecule has 0 aromatic heterocycles. The van der Waals surface area contributed by atoms with E-state index in [4.69, 9.17) is 0 Å². The van der Waals surface area contributed by atoms with Crippen molar-refractivity contribution in [1.82, 2.24) is 4.90 Å². The smallest absolute Gasteiger partial charge is 0.119 e. The molecule has 4 rings (SSSR count). The van der Waals surface area contributed by atoms with Gasteiger partial charge in [-0.25, -0.2) is 0 Å². The second-order valence-corrected chi connectivity index (χ2v) is 4.89. The van der Waals surface area contributed by atoms with Gasteiger partial charge in [0, 0.05) is 11.0 Å². The first-order valence-corrected chi connectivity index (χ1v) is 5.81. The van der Waals surface area contributed by atoms with Crippen LogP contribution in [0.1, 0.15) is 24.8 Å². The van der Waals surface area contributed by atoms with Gasteiger partial charge in [0.2, 0.25) is 0 Å². The van der Waals surface area contributed by atoms with Crippen LogP contribution in [-0.4, -0.2) is 29.6 Å². The molecule has 0 aliphatic carbocycles. The summed E-state index contributed by atoms with van der Waals surface area (Å²) in [5.74, 6) is 0.493. The minimum atomic E-state index is 0.278. The third-order valence-corrected chi connectivity index (χ3v) is 4.20. The molecule has 0 amide bonds. The predicted octanol–water partition coefficient (Wildman–Crippen LogP) is 2.13. The highest BCUT2D eigenvalue weighted by Crippen LogP contribution is 2.45. The van der Waals surface area contributed by atoms with Gasteiger partial charge in [0.25, 0.3) is 0 Å². The quantitative estimate of drug-likeness (QED) is 0.755. The third kappa shape index (κ3) is 1.36. The van der Waals surface area contributed by atoms with Crippen molar-refractivity contribution in [3.63, 3.8) is 0 Å².